The number of anilines is 1. The highest BCUT2D eigenvalue weighted by Gasteiger charge is 2.30. The molecule has 0 amide bonds. The molecule has 0 radical (unpaired) electrons. The zero-order valence-corrected chi connectivity index (χ0v) is 10.3. The summed E-state index contributed by atoms with van der Waals surface area (Å²) in [7, 11) is 0. The largest absolute Gasteiger partial charge is 0.480 e. The molecule has 1 N–H and O–H groups in total. The topological polar surface area (TPSA) is 66.3 Å². The third-order valence-corrected chi connectivity index (χ3v) is 3.05. The molecule has 1 aliphatic heterocycles. The molecule has 0 unspecified atom stereocenters. The molecule has 0 aliphatic carbocycles. The summed E-state index contributed by atoms with van der Waals surface area (Å²) in [5.41, 5.74) is 0.745. The fraction of sp³-hybridized carbons (Fsp3) is 0.545. The Hall–Kier alpha value is -1.36. The van der Waals surface area contributed by atoms with Gasteiger partial charge in [-0.05, 0) is 32.3 Å². The number of aryl methyl sites for hydroxylation is 1. The van der Waals surface area contributed by atoms with Crippen molar-refractivity contribution < 1.29 is 9.90 Å². The Balaban J connectivity index is 2.32. The lowest BCUT2D eigenvalue weighted by atomic mass is 10.0. The fourth-order valence-corrected chi connectivity index (χ4v) is 2.30. The Morgan fingerprint density at radius 2 is 2.29 bits per heavy atom. The van der Waals surface area contributed by atoms with Crippen LogP contribution in [0.3, 0.4) is 0 Å². The molecule has 1 aliphatic rings. The number of hydrogen-bond acceptors (Lipinski definition) is 4. The van der Waals surface area contributed by atoms with E-state index in [-0.39, 0.29) is 0 Å². The van der Waals surface area contributed by atoms with Crippen molar-refractivity contribution in [2.45, 2.75) is 32.2 Å². The highest BCUT2D eigenvalue weighted by atomic mass is 35.5. The Morgan fingerprint density at radius 3 is 2.94 bits per heavy atom. The maximum atomic E-state index is 11.2. The van der Waals surface area contributed by atoms with Crippen LogP contribution in [0, 0.1) is 6.92 Å². The quantitative estimate of drug-likeness (QED) is 0.818. The summed E-state index contributed by atoms with van der Waals surface area (Å²) in [6, 6.07) is 1.12. The highest BCUT2D eigenvalue weighted by molar-refractivity contribution is 6.29. The summed E-state index contributed by atoms with van der Waals surface area (Å²) in [6.07, 6.45) is 2.51. The minimum atomic E-state index is -0.828. The van der Waals surface area contributed by atoms with Gasteiger partial charge in [0, 0.05) is 12.2 Å². The molecular weight excluding hydrogens is 242 g/mol. The molecule has 2 rings (SSSR count). The van der Waals surface area contributed by atoms with Gasteiger partial charge in [-0.2, -0.15) is 0 Å². The van der Waals surface area contributed by atoms with Crippen molar-refractivity contribution in [3.8, 4) is 0 Å². The predicted molar refractivity (Wildman–Crippen MR) is 64.4 cm³/mol. The zero-order chi connectivity index (χ0) is 12.4. The molecule has 1 fully saturated rings. The first-order chi connectivity index (χ1) is 8.08. The summed E-state index contributed by atoms with van der Waals surface area (Å²) in [5, 5.41) is 9.53. The fourth-order valence-electron chi connectivity index (χ4n) is 2.07. The van der Waals surface area contributed by atoms with Crippen LogP contribution in [-0.4, -0.2) is 33.6 Å². The monoisotopic (exact) mass is 255 g/mol. The molecule has 1 atom stereocenters. The number of aromatic nitrogens is 2. The Kier molecular flexibility index (Phi) is 3.47. The van der Waals surface area contributed by atoms with Gasteiger partial charge in [0.1, 0.15) is 11.2 Å². The number of carboxylic acids is 1. The molecule has 6 heteroatoms. The Labute approximate surface area is 104 Å². The van der Waals surface area contributed by atoms with Crippen molar-refractivity contribution in [3.05, 3.63) is 16.9 Å². The van der Waals surface area contributed by atoms with E-state index >= 15 is 0 Å². The molecule has 0 saturated carbocycles. The average molecular weight is 256 g/mol. The number of hydrogen-bond donors (Lipinski definition) is 1. The molecule has 1 saturated heterocycles. The minimum absolute atomic E-state index is 0.349. The van der Waals surface area contributed by atoms with E-state index in [1.54, 1.807) is 11.0 Å². The molecule has 1 aromatic rings. The third-order valence-electron chi connectivity index (χ3n) is 2.86. The zero-order valence-electron chi connectivity index (χ0n) is 9.56. The van der Waals surface area contributed by atoms with Crippen molar-refractivity contribution in [2.75, 3.05) is 11.4 Å². The van der Waals surface area contributed by atoms with Crippen molar-refractivity contribution in [1.29, 1.82) is 0 Å². The van der Waals surface area contributed by atoms with Crippen molar-refractivity contribution in [3.63, 3.8) is 0 Å². The molecule has 5 nitrogen and oxygen atoms in total. The van der Waals surface area contributed by atoms with Gasteiger partial charge in [0.05, 0.1) is 0 Å². The predicted octanol–water partition coefficient (Wildman–Crippen LogP) is 1.88. The summed E-state index contributed by atoms with van der Waals surface area (Å²) in [6.45, 7) is 2.48. The molecule has 2 heterocycles. The summed E-state index contributed by atoms with van der Waals surface area (Å²) in [4.78, 5) is 21.3. The number of rotatable bonds is 2. The van der Waals surface area contributed by atoms with E-state index in [1.807, 2.05) is 6.92 Å². The number of piperidine rings is 1. The third kappa shape index (κ3) is 2.66. The molecule has 0 bridgehead atoms. The van der Waals surface area contributed by atoms with Crippen LogP contribution in [0.2, 0.25) is 5.15 Å². The number of aliphatic carboxylic acids is 1. The standard InChI is InChI=1S/C11H14ClN3O2/c1-7-6-9(12)14-11(13-7)15-5-3-2-4-8(15)10(16)17/h6,8H,2-5H2,1H3,(H,16,17)/t8-/m1/s1. The van der Waals surface area contributed by atoms with Gasteiger partial charge < -0.3 is 10.0 Å². The number of halogens is 1. The van der Waals surface area contributed by atoms with Gasteiger partial charge in [-0.1, -0.05) is 11.6 Å². The van der Waals surface area contributed by atoms with E-state index < -0.39 is 12.0 Å². The van der Waals surface area contributed by atoms with Crippen LogP contribution >= 0.6 is 11.6 Å². The SMILES string of the molecule is Cc1cc(Cl)nc(N2CCCC[C@@H]2C(=O)O)n1. The minimum Gasteiger partial charge on any atom is -0.480 e. The van der Waals surface area contributed by atoms with Gasteiger partial charge in [-0.15, -0.1) is 0 Å². The van der Waals surface area contributed by atoms with Crippen LogP contribution in [0.25, 0.3) is 0 Å². The molecule has 0 aromatic carbocycles. The van der Waals surface area contributed by atoms with Gasteiger partial charge >= 0.3 is 5.97 Å². The lowest BCUT2D eigenvalue weighted by Crippen LogP contribution is -2.45. The van der Waals surface area contributed by atoms with E-state index in [0.29, 0.717) is 24.1 Å². The van der Waals surface area contributed by atoms with Crippen LogP contribution in [0.4, 0.5) is 5.95 Å². The normalized spacial score (nSPS) is 20.4. The molecule has 1 aromatic heterocycles. The smallest absolute Gasteiger partial charge is 0.326 e. The second kappa shape index (κ2) is 4.87. The number of carboxylic acid groups (broad SMARTS) is 1. The van der Waals surface area contributed by atoms with Crippen molar-refractivity contribution >= 4 is 23.5 Å². The van der Waals surface area contributed by atoms with Crippen LogP contribution in [-0.2, 0) is 4.79 Å². The summed E-state index contributed by atoms with van der Waals surface area (Å²) >= 11 is 5.87. The summed E-state index contributed by atoms with van der Waals surface area (Å²) < 4.78 is 0. The van der Waals surface area contributed by atoms with E-state index in [0.717, 1.165) is 18.5 Å². The Morgan fingerprint density at radius 1 is 1.53 bits per heavy atom. The van der Waals surface area contributed by atoms with E-state index in [4.69, 9.17) is 11.6 Å². The van der Waals surface area contributed by atoms with Gasteiger partial charge in [0.2, 0.25) is 5.95 Å². The van der Waals surface area contributed by atoms with E-state index in [2.05, 4.69) is 9.97 Å². The van der Waals surface area contributed by atoms with Crippen LogP contribution in [0.15, 0.2) is 6.07 Å². The average Bonchev–Trinajstić information content (AvgIpc) is 2.27. The molecule has 17 heavy (non-hydrogen) atoms. The lowest BCUT2D eigenvalue weighted by Gasteiger charge is -2.32. The maximum absolute atomic E-state index is 11.2. The second-order valence-electron chi connectivity index (χ2n) is 4.18. The van der Waals surface area contributed by atoms with Crippen molar-refractivity contribution in [1.82, 2.24) is 9.97 Å². The Bertz CT molecular complexity index is 418. The van der Waals surface area contributed by atoms with Crippen molar-refractivity contribution in [2.24, 2.45) is 0 Å². The first kappa shape index (κ1) is 12.1. The van der Waals surface area contributed by atoms with Crippen LogP contribution < -0.4 is 4.90 Å². The van der Waals surface area contributed by atoms with Gasteiger partial charge in [0.25, 0.3) is 0 Å². The number of nitrogens with zero attached hydrogens (tertiary/aromatic N) is 3. The van der Waals surface area contributed by atoms with Crippen LogP contribution in [0.5, 0.6) is 0 Å². The molecule has 0 spiro atoms. The van der Waals surface area contributed by atoms with E-state index in [1.165, 1.54) is 0 Å². The maximum Gasteiger partial charge on any atom is 0.326 e. The second-order valence-corrected chi connectivity index (χ2v) is 4.56. The molecular formula is C11H14ClN3O2. The molecule has 92 valence electrons. The van der Waals surface area contributed by atoms with Gasteiger partial charge in [-0.25, -0.2) is 14.8 Å². The summed E-state index contributed by atoms with van der Waals surface area (Å²) in [5.74, 6) is -0.409. The lowest BCUT2D eigenvalue weighted by molar-refractivity contribution is -0.139. The van der Waals surface area contributed by atoms with Gasteiger partial charge in [0.15, 0.2) is 0 Å². The first-order valence-electron chi connectivity index (χ1n) is 5.58. The first-order valence-corrected chi connectivity index (χ1v) is 5.96. The number of carbonyl (C=O) groups is 1. The highest BCUT2D eigenvalue weighted by Crippen LogP contribution is 2.23. The van der Waals surface area contributed by atoms with E-state index in [9.17, 15) is 9.90 Å². The van der Waals surface area contributed by atoms with Gasteiger partial charge in [-0.3, -0.25) is 0 Å². The van der Waals surface area contributed by atoms with Crippen LogP contribution in [0.1, 0.15) is 25.0 Å².